The number of carbonyl (C=O) groups is 2. The molecule has 8 heteroatoms. The number of amides is 1. The molecule has 2 aliphatic rings. The first kappa shape index (κ1) is 18.8. The fraction of sp³-hybridized carbons (Fsp3) is 0.300. The average molecular weight is 400 g/mol. The molecule has 2 aromatic carbocycles. The fourth-order valence-electron chi connectivity index (χ4n) is 3.57. The molecule has 0 radical (unpaired) electrons. The van der Waals surface area contributed by atoms with Crippen LogP contribution in [-0.2, 0) is 26.1 Å². The van der Waals surface area contributed by atoms with E-state index < -0.39 is 27.8 Å². The Kier molecular flexibility index (Phi) is 5.01. The summed E-state index contributed by atoms with van der Waals surface area (Å²) in [6, 6.07) is 13.6. The summed E-state index contributed by atoms with van der Waals surface area (Å²) < 4.78 is 33.0. The molecule has 1 atom stereocenters. The number of Topliss-reactive ketones (excluding diaryl/α,β-unsaturated/α-hetero) is 1. The molecular weight excluding hydrogens is 380 g/mol. The van der Waals surface area contributed by atoms with E-state index in [-0.39, 0.29) is 17.0 Å². The summed E-state index contributed by atoms with van der Waals surface area (Å²) in [6.07, 6.45) is 0. The highest BCUT2D eigenvalue weighted by atomic mass is 32.2. The van der Waals surface area contributed by atoms with E-state index in [1.807, 2.05) is 6.07 Å². The minimum absolute atomic E-state index is 0.0516. The lowest BCUT2D eigenvalue weighted by Gasteiger charge is -2.37. The Hall–Kier alpha value is -2.55. The van der Waals surface area contributed by atoms with Crippen LogP contribution in [0.15, 0.2) is 59.5 Å². The van der Waals surface area contributed by atoms with Gasteiger partial charge in [0, 0.05) is 25.2 Å². The third-order valence-corrected chi connectivity index (χ3v) is 6.88. The van der Waals surface area contributed by atoms with Gasteiger partial charge >= 0.3 is 0 Å². The van der Waals surface area contributed by atoms with Gasteiger partial charge in [-0.25, -0.2) is 8.42 Å². The molecular formula is C20H20N2O5S. The van der Waals surface area contributed by atoms with Crippen LogP contribution in [0.5, 0.6) is 0 Å². The van der Waals surface area contributed by atoms with E-state index in [9.17, 15) is 18.0 Å². The highest BCUT2D eigenvalue weighted by Crippen LogP contribution is 2.32. The van der Waals surface area contributed by atoms with Crippen molar-refractivity contribution >= 4 is 21.7 Å². The summed E-state index contributed by atoms with van der Waals surface area (Å²) >= 11 is 0. The number of nitrogens with zero attached hydrogens (tertiary/aromatic N) is 2. The number of hydrogen-bond acceptors (Lipinski definition) is 5. The Morgan fingerprint density at radius 3 is 2.36 bits per heavy atom. The normalized spacial score (nSPS) is 21.9. The first-order valence-corrected chi connectivity index (χ1v) is 10.5. The molecule has 0 aliphatic carbocycles. The van der Waals surface area contributed by atoms with E-state index in [1.165, 1.54) is 17.0 Å². The van der Waals surface area contributed by atoms with Gasteiger partial charge < -0.3 is 9.64 Å². The Morgan fingerprint density at radius 2 is 1.64 bits per heavy atom. The zero-order valence-corrected chi connectivity index (χ0v) is 16.0. The van der Waals surface area contributed by atoms with Crippen LogP contribution < -0.4 is 0 Å². The lowest BCUT2D eigenvalue weighted by Crippen LogP contribution is -2.58. The summed E-state index contributed by atoms with van der Waals surface area (Å²) in [5.41, 5.74) is 0.774. The molecule has 2 heterocycles. The van der Waals surface area contributed by atoms with Gasteiger partial charge in [0.15, 0.2) is 11.8 Å². The second-order valence-corrected chi connectivity index (χ2v) is 8.60. The average Bonchev–Trinajstić information content (AvgIpc) is 2.73. The van der Waals surface area contributed by atoms with Crippen molar-refractivity contribution in [1.82, 2.24) is 9.21 Å². The number of morpholine rings is 1. The standard InChI is InChI=1S/C20H20N2O5S/c23-19-16-8-4-5-9-17(16)28(25,26)22(14-15-6-2-1-3-7-15)18(19)20(24)21-10-12-27-13-11-21/h1-9,18H,10-14H2/t18-/m1/s1. The Bertz CT molecular complexity index is 1000. The lowest BCUT2D eigenvalue weighted by atomic mass is 10.0. The van der Waals surface area contributed by atoms with Gasteiger partial charge in [-0.1, -0.05) is 42.5 Å². The topological polar surface area (TPSA) is 84.0 Å². The van der Waals surface area contributed by atoms with Crippen LogP contribution >= 0.6 is 0 Å². The molecule has 0 unspecified atom stereocenters. The van der Waals surface area contributed by atoms with Crippen LogP contribution in [0.1, 0.15) is 15.9 Å². The number of sulfonamides is 1. The van der Waals surface area contributed by atoms with Crippen molar-refractivity contribution in [3.05, 3.63) is 65.7 Å². The molecule has 28 heavy (non-hydrogen) atoms. The molecule has 0 spiro atoms. The molecule has 2 aliphatic heterocycles. The maximum Gasteiger partial charge on any atom is 0.249 e. The molecule has 4 rings (SSSR count). The molecule has 1 fully saturated rings. The number of hydrogen-bond donors (Lipinski definition) is 0. The molecule has 0 saturated carbocycles. The second kappa shape index (κ2) is 7.46. The largest absolute Gasteiger partial charge is 0.378 e. The monoisotopic (exact) mass is 400 g/mol. The van der Waals surface area contributed by atoms with Crippen molar-refractivity contribution in [2.45, 2.75) is 17.5 Å². The van der Waals surface area contributed by atoms with E-state index in [1.54, 1.807) is 36.4 Å². The quantitative estimate of drug-likeness (QED) is 0.726. The first-order valence-electron chi connectivity index (χ1n) is 9.06. The van der Waals surface area contributed by atoms with Crippen LogP contribution in [-0.4, -0.2) is 61.7 Å². The highest BCUT2D eigenvalue weighted by molar-refractivity contribution is 7.89. The number of carbonyl (C=O) groups excluding carboxylic acids is 2. The predicted octanol–water partition coefficient (Wildman–Crippen LogP) is 1.30. The molecule has 7 nitrogen and oxygen atoms in total. The van der Waals surface area contributed by atoms with Crippen LogP contribution in [0.25, 0.3) is 0 Å². The van der Waals surface area contributed by atoms with E-state index in [4.69, 9.17) is 4.74 Å². The zero-order valence-electron chi connectivity index (χ0n) is 15.2. The van der Waals surface area contributed by atoms with E-state index >= 15 is 0 Å². The molecule has 0 bridgehead atoms. The minimum atomic E-state index is -4.01. The predicted molar refractivity (Wildman–Crippen MR) is 101 cm³/mol. The summed E-state index contributed by atoms with van der Waals surface area (Å²) in [4.78, 5) is 27.9. The lowest BCUT2D eigenvalue weighted by molar-refractivity contribution is -0.138. The van der Waals surface area contributed by atoms with Gasteiger partial charge in [-0.3, -0.25) is 9.59 Å². The van der Waals surface area contributed by atoms with Crippen LogP contribution in [0.4, 0.5) is 0 Å². The molecule has 1 amide bonds. The first-order chi connectivity index (χ1) is 13.5. The second-order valence-electron chi connectivity index (χ2n) is 6.74. The number of fused-ring (bicyclic) bond motifs is 1. The number of benzene rings is 2. The van der Waals surface area contributed by atoms with Gasteiger partial charge in [0.05, 0.1) is 18.1 Å². The van der Waals surface area contributed by atoms with E-state index in [0.717, 1.165) is 4.31 Å². The Morgan fingerprint density at radius 1 is 1.00 bits per heavy atom. The number of rotatable bonds is 3. The molecule has 0 aromatic heterocycles. The fourth-order valence-corrected chi connectivity index (χ4v) is 5.30. The molecule has 146 valence electrons. The van der Waals surface area contributed by atoms with Gasteiger partial charge in [-0.05, 0) is 17.7 Å². The smallest absolute Gasteiger partial charge is 0.249 e. The highest BCUT2D eigenvalue weighted by Gasteiger charge is 2.48. The molecule has 1 saturated heterocycles. The van der Waals surface area contributed by atoms with Crippen molar-refractivity contribution in [2.24, 2.45) is 0 Å². The van der Waals surface area contributed by atoms with Crippen LogP contribution in [0.2, 0.25) is 0 Å². The maximum absolute atomic E-state index is 13.3. The van der Waals surface area contributed by atoms with Crippen molar-refractivity contribution in [1.29, 1.82) is 0 Å². The SMILES string of the molecule is O=C1c2ccccc2S(=O)(=O)N(Cc2ccccc2)[C@H]1C(=O)N1CCOCC1. The number of ether oxygens (including phenoxy) is 1. The van der Waals surface area contributed by atoms with Crippen LogP contribution in [0.3, 0.4) is 0 Å². The third-order valence-electron chi connectivity index (χ3n) is 5.01. The van der Waals surface area contributed by atoms with Crippen molar-refractivity contribution < 1.29 is 22.7 Å². The van der Waals surface area contributed by atoms with Gasteiger partial charge in [-0.15, -0.1) is 0 Å². The number of ketones is 1. The molecule has 2 aromatic rings. The van der Waals surface area contributed by atoms with Crippen molar-refractivity contribution in [3.63, 3.8) is 0 Å². The van der Waals surface area contributed by atoms with Gasteiger partial charge in [0.25, 0.3) is 0 Å². The minimum Gasteiger partial charge on any atom is -0.378 e. The molecule has 0 N–H and O–H groups in total. The Labute approximate surface area is 163 Å². The van der Waals surface area contributed by atoms with Crippen molar-refractivity contribution in [2.75, 3.05) is 26.3 Å². The summed E-state index contributed by atoms with van der Waals surface area (Å²) in [5.74, 6) is -0.986. The third kappa shape index (κ3) is 3.23. The summed E-state index contributed by atoms with van der Waals surface area (Å²) in [5, 5.41) is 0. The van der Waals surface area contributed by atoms with E-state index in [2.05, 4.69) is 0 Å². The van der Waals surface area contributed by atoms with E-state index in [0.29, 0.717) is 31.9 Å². The summed E-state index contributed by atoms with van der Waals surface area (Å²) in [7, 11) is -4.01. The van der Waals surface area contributed by atoms with Gasteiger partial charge in [0.1, 0.15) is 0 Å². The van der Waals surface area contributed by atoms with Gasteiger partial charge in [0.2, 0.25) is 15.9 Å². The maximum atomic E-state index is 13.3. The zero-order chi connectivity index (χ0) is 19.7. The summed E-state index contributed by atoms with van der Waals surface area (Å²) in [6.45, 7) is 1.36. The Balaban J connectivity index is 1.80. The van der Waals surface area contributed by atoms with Gasteiger partial charge in [-0.2, -0.15) is 4.31 Å². The van der Waals surface area contributed by atoms with Crippen LogP contribution in [0, 0.1) is 0 Å². The van der Waals surface area contributed by atoms with Crippen molar-refractivity contribution in [3.8, 4) is 0 Å².